The molecule has 0 heterocycles. The normalized spacial score (nSPS) is 11.5. The van der Waals surface area contributed by atoms with Gasteiger partial charge in [-0.05, 0) is 48.9 Å². The number of carboxylic acid groups (broad SMARTS) is 1. The predicted octanol–water partition coefficient (Wildman–Crippen LogP) is 2.89. The number of benzene rings is 2. The number of carboxylic acids is 1. The topological polar surface area (TPSA) is 125 Å². The molecule has 0 saturated heterocycles. The average molecular weight is 412 g/mol. The molecule has 0 bridgehead atoms. The van der Waals surface area contributed by atoms with Crippen LogP contribution in [-0.2, 0) is 22.4 Å². The van der Waals surface area contributed by atoms with Crippen molar-refractivity contribution in [1.29, 1.82) is 5.41 Å². The Morgan fingerprint density at radius 3 is 2.27 bits per heavy atom. The highest BCUT2D eigenvalue weighted by Gasteiger charge is 2.16. The van der Waals surface area contributed by atoms with Gasteiger partial charge in [0.1, 0.15) is 11.6 Å². The van der Waals surface area contributed by atoms with Crippen LogP contribution in [0.15, 0.2) is 48.5 Å². The highest BCUT2D eigenvalue weighted by atomic mass is 16.5. The van der Waals surface area contributed by atoms with Crippen LogP contribution in [0, 0.1) is 5.41 Å². The van der Waals surface area contributed by atoms with Crippen LogP contribution >= 0.6 is 0 Å². The summed E-state index contributed by atoms with van der Waals surface area (Å²) in [7, 11) is 1.59. The maximum atomic E-state index is 12.3. The minimum absolute atomic E-state index is 0.0452. The van der Waals surface area contributed by atoms with Gasteiger partial charge in [-0.1, -0.05) is 36.4 Å². The van der Waals surface area contributed by atoms with Crippen LogP contribution in [0.1, 0.15) is 42.4 Å². The molecule has 7 heteroatoms. The Morgan fingerprint density at radius 1 is 1.07 bits per heavy atom. The van der Waals surface area contributed by atoms with E-state index in [0.717, 1.165) is 29.7 Å². The van der Waals surface area contributed by atoms with E-state index in [9.17, 15) is 9.59 Å². The minimum Gasteiger partial charge on any atom is -0.497 e. The van der Waals surface area contributed by atoms with E-state index in [0.29, 0.717) is 24.8 Å². The van der Waals surface area contributed by atoms with E-state index in [1.54, 1.807) is 7.11 Å². The fourth-order valence-electron chi connectivity index (χ4n) is 3.20. The van der Waals surface area contributed by atoms with Gasteiger partial charge in [-0.15, -0.1) is 0 Å². The molecule has 0 spiro atoms. The van der Waals surface area contributed by atoms with E-state index in [-0.39, 0.29) is 18.2 Å². The molecule has 2 aromatic carbocycles. The monoisotopic (exact) mass is 411 g/mol. The summed E-state index contributed by atoms with van der Waals surface area (Å²) in [4.78, 5) is 23.5. The summed E-state index contributed by atoms with van der Waals surface area (Å²) in [6.45, 7) is 0. The van der Waals surface area contributed by atoms with Crippen molar-refractivity contribution < 1.29 is 19.4 Å². The first-order chi connectivity index (χ1) is 14.4. The second kappa shape index (κ2) is 11.6. The number of hydrogen-bond acceptors (Lipinski definition) is 4. The number of carbonyl (C=O) groups excluding carboxylic acids is 1. The van der Waals surface area contributed by atoms with Crippen LogP contribution < -0.4 is 15.8 Å². The molecule has 1 amide bonds. The van der Waals surface area contributed by atoms with Crippen LogP contribution in [0.25, 0.3) is 0 Å². The van der Waals surface area contributed by atoms with Crippen molar-refractivity contribution in [2.75, 3.05) is 7.11 Å². The molecule has 7 nitrogen and oxygen atoms in total. The number of carbonyl (C=O) groups is 2. The average Bonchev–Trinajstić information content (AvgIpc) is 2.71. The van der Waals surface area contributed by atoms with Crippen LogP contribution in [0.4, 0.5) is 0 Å². The summed E-state index contributed by atoms with van der Waals surface area (Å²) in [6, 6.07) is 14.4. The second-order valence-corrected chi connectivity index (χ2v) is 7.23. The Morgan fingerprint density at radius 2 is 1.70 bits per heavy atom. The first-order valence-corrected chi connectivity index (χ1v) is 9.95. The zero-order valence-corrected chi connectivity index (χ0v) is 17.2. The largest absolute Gasteiger partial charge is 0.497 e. The fourth-order valence-corrected chi connectivity index (χ4v) is 3.20. The highest BCUT2D eigenvalue weighted by molar-refractivity contribution is 5.94. The molecule has 0 aliphatic carbocycles. The van der Waals surface area contributed by atoms with Crippen LogP contribution in [0.3, 0.4) is 0 Å². The molecule has 0 aliphatic rings. The number of nitrogen functional groups attached to an aromatic ring is 1. The van der Waals surface area contributed by atoms with Gasteiger partial charge in [0, 0.05) is 18.0 Å². The van der Waals surface area contributed by atoms with E-state index in [1.807, 2.05) is 48.5 Å². The van der Waals surface area contributed by atoms with Gasteiger partial charge in [0.2, 0.25) is 5.91 Å². The van der Waals surface area contributed by atoms with Crippen molar-refractivity contribution in [1.82, 2.24) is 5.32 Å². The van der Waals surface area contributed by atoms with E-state index in [4.69, 9.17) is 21.0 Å². The Kier molecular flexibility index (Phi) is 8.87. The number of nitrogens with one attached hydrogen (secondary N) is 2. The van der Waals surface area contributed by atoms with E-state index < -0.39 is 12.0 Å². The number of rotatable bonds is 12. The molecule has 1 atom stereocenters. The first-order valence-electron chi connectivity index (χ1n) is 9.95. The second-order valence-electron chi connectivity index (χ2n) is 7.23. The summed E-state index contributed by atoms with van der Waals surface area (Å²) in [6.07, 6.45) is 3.06. The Balaban J connectivity index is 1.78. The molecule has 2 rings (SSSR count). The van der Waals surface area contributed by atoms with Crippen molar-refractivity contribution in [3.05, 3.63) is 65.2 Å². The SMILES string of the molecule is COc1ccc(CC(CC(=O)O)NC(=O)CCCCc2ccc(C(=N)N)cc2)cc1. The summed E-state index contributed by atoms with van der Waals surface area (Å²) in [5.74, 6) is -0.304. The number of unbranched alkanes of at least 4 members (excludes halogenated alkanes) is 1. The van der Waals surface area contributed by atoms with Gasteiger partial charge >= 0.3 is 5.97 Å². The van der Waals surface area contributed by atoms with Crippen LogP contribution in [-0.4, -0.2) is 36.0 Å². The van der Waals surface area contributed by atoms with Crippen molar-refractivity contribution >= 4 is 17.7 Å². The lowest BCUT2D eigenvalue weighted by molar-refractivity contribution is -0.137. The lowest BCUT2D eigenvalue weighted by atomic mass is 10.0. The number of aryl methyl sites for hydroxylation is 1. The number of ether oxygens (including phenoxy) is 1. The lowest BCUT2D eigenvalue weighted by Crippen LogP contribution is -2.38. The van der Waals surface area contributed by atoms with E-state index in [1.165, 1.54) is 0 Å². The molecule has 30 heavy (non-hydrogen) atoms. The summed E-state index contributed by atoms with van der Waals surface area (Å²) in [5, 5.41) is 19.4. The summed E-state index contributed by atoms with van der Waals surface area (Å²) < 4.78 is 5.13. The van der Waals surface area contributed by atoms with E-state index >= 15 is 0 Å². The zero-order chi connectivity index (χ0) is 21.9. The smallest absolute Gasteiger partial charge is 0.305 e. The van der Waals surface area contributed by atoms with Crippen molar-refractivity contribution in [3.63, 3.8) is 0 Å². The highest BCUT2D eigenvalue weighted by Crippen LogP contribution is 2.14. The third-order valence-electron chi connectivity index (χ3n) is 4.81. The number of methoxy groups -OCH3 is 1. The Bertz CT molecular complexity index is 848. The zero-order valence-electron chi connectivity index (χ0n) is 17.2. The molecular formula is C23H29N3O4. The quantitative estimate of drug-likeness (QED) is 0.243. The van der Waals surface area contributed by atoms with Gasteiger partial charge < -0.3 is 20.9 Å². The predicted molar refractivity (Wildman–Crippen MR) is 116 cm³/mol. The molecule has 0 fully saturated rings. The number of aliphatic carboxylic acids is 1. The van der Waals surface area contributed by atoms with Gasteiger partial charge in [-0.2, -0.15) is 0 Å². The first kappa shape index (κ1) is 22.9. The molecule has 0 aromatic heterocycles. The third-order valence-corrected chi connectivity index (χ3v) is 4.81. The molecule has 0 aliphatic heterocycles. The number of hydrogen-bond donors (Lipinski definition) is 4. The summed E-state index contributed by atoms with van der Waals surface area (Å²) in [5.41, 5.74) is 8.21. The fraction of sp³-hybridized carbons (Fsp3) is 0.348. The maximum Gasteiger partial charge on any atom is 0.305 e. The van der Waals surface area contributed by atoms with Gasteiger partial charge in [0.05, 0.1) is 13.5 Å². The van der Waals surface area contributed by atoms with E-state index in [2.05, 4.69) is 5.32 Å². The van der Waals surface area contributed by atoms with Crippen molar-refractivity contribution in [2.45, 2.75) is 44.6 Å². The molecular weight excluding hydrogens is 382 g/mol. The standard InChI is InChI=1S/C23H29N3O4/c1-30-20-12-8-17(9-13-20)14-19(15-22(28)29)26-21(27)5-3-2-4-16-6-10-18(11-7-16)23(24)25/h6-13,19H,2-5,14-15H2,1H3,(H3,24,25)(H,26,27)(H,28,29). The number of nitrogens with two attached hydrogens (primary N) is 1. The number of amidine groups is 1. The van der Waals surface area contributed by atoms with Crippen LogP contribution in [0.2, 0.25) is 0 Å². The third kappa shape index (κ3) is 7.95. The van der Waals surface area contributed by atoms with Gasteiger partial charge in [0.15, 0.2) is 0 Å². The summed E-state index contributed by atoms with van der Waals surface area (Å²) >= 11 is 0. The maximum absolute atomic E-state index is 12.3. The molecule has 1 unspecified atom stereocenters. The molecule has 5 N–H and O–H groups in total. The molecule has 0 saturated carbocycles. The van der Waals surface area contributed by atoms with Crippen LogP contribution in [0.5, 0.6) is 5.75 Å². The van der Waals surface area contributed by atoms with Gasteiger partial charge in [-0.3, -0.25) is 15.0 Å². The van der Waals surface area contributed by atoms with Gasteiger partial charge in [-0.25, -0.2) is 0 Å². The minimum atomic E-state index is -0.942. The van der Waals surface area contributed by atoms with Gasteiger partial charge in [0.25, 0.3) is 0 Å². The molecule has 2 aromatic rings. The van der Waals surface area contributed by atoms with Crippen molar-refractivity contribution in [2.24, 2.45) is 5.73 Å². The lowest BCUT2D eigenvalue weighted by Gasteiger charge is -2.17. The Labute approximate surface area is 176 Å². The molecule has 160 valence electrons. The van der Waals surface area contributed by atoms with Crippen molar-refractivity contribution in [3.8, 4) is 5.75 Å². The number of amides is 1. The Hall–Kier alpha value is -3.35. The molecule has 0 radical (unpaired) electrons.